The fourth-order valence-corrected chi connectivity index (χ4v) is 3.11. The molecule has 4 aromatic rings. The molecule has 14 heteroatoms. The van der Waals surface area contributed by atoms with Crippen LogP contribution in [0.25, 0.3) is 10.9 Å². The zero-order valence-corrected chi connectivity index (χ0v) is 18.5. The first-order valence-corrected chi connectivity index (χ1v) is 10.2. The molecule has 0 aliphatic heterocycles. The van der Waals surface area contributed by atoms with Gasteiger partial charge in [0.05, 0.1) is 23.6 Å². The Morgan fingerprint density at radius 3 is 2.50 bits per heavy atom. The largest absolute Gasteiger partial charge is 0.490 e. The van der Waals surface area contributed by atoms with Gasteiger partial charge >= 0.3 is 12.1 Å². The lowest BCUT2D eigenvalue weighted by Crippen LogP contribution is -2.21. The van der Waals surface area contributed by atoms with E-state index in [9.17, 15) is 22.4 Å². The fourth-order valence-electron chi connectivity index (χ4n) is 3.11. The summed E-state index contributed by atoms with van der Waals surface area (Å²) in [6, 6.07) is 12.3. The van der Waals surface area contributed by atoms with E-state index in [0.29, 0.717) is 17.8 Å². The number of carbonyl (C=O) groups excluding carboxylic acids is 1. The number of nitrogens with two attached hydrogens (primary N) is 1. The van der Waals surface area contributed by atoms with Crippen LogP contribution in [0.5, 0.6) is 0 Å². The maximum absolute atomic E-state index is 14.6. The van der Waals surface area contributed by atoms with Crippen molar-refractivity contribution < 1.29 is 32.3 Å². The van der Waals surface area contributed by atoms with Crippen LogP contribution in [-0.2, 0) is 4.79 Å². The predicted octanol–water partition coefficient (Wildman–Crippen LogP) is 4.13. The quantitative estimate of drug-likeness (QED) is 0.286. The van der Waals surface area contributed by atoms with Crippen LogP contribution in [0.3, 0.4) is 0 Å². The number of hydrogen-bond acceptors (Lipinski definition) is 7. The van der Waals surface area contributed by atoms with Crippen LogP contribution in [0.2, 0.25) is 0 Å². The number of carbonyl (C=O) groups is 2. The van der Waals surface area contributed by atoms with Crippen LogP contribution < -0.4 is 16.0 Å². The van der Waals surface area contributed by atoms with Gasteiger partial charge in [-0.2, -0.15) is 23.3 Å². The van der Waals surface area contributed by atoms with E-state index in [1.165, 1.54) is 0 Å². The molecule has 2 aromatic heterocycles. The molecule has 4 rings (SSSR count). The van der Waals surface area contributed by atoms with Gasteiger partial charge in [0, 0.05) is 23.2 Å². The van der Waals surface area contributed by atoms with Crippen molar-refractivity contribution in [2.45, 2.75) is 13.1 Å². The molecular formula is C22H19F4N7O3. The SMILES string of the molecule is CCN(c1nc(Nc2cccc(C(N)=O)c2)ncc1F)c1cccc2[nH]ncc12.O=C(O)C(F)(F)F. The Morgan fingerprint density at radius 1 is 1.17 bits per heavy atom. The number of nitrogens with one attached hydrogen (secondary N) is 2. The molecule has 0 aliphatic rings. The van der Waals surface area contributed by atoms with Gasteiger partial charge in [-0.05, 0) is 37.3 Å². The molecule has 0 unspecified atom stereocenters. The van der Waals surface area contributed by atoms with Crippen molar-refractivity contribution in [2.24, 2.45) is 5.73 Å². The first kappa shape index (κ1) is 25.9. The second-order valence-electron chi connectivity index (χ2n) is 7.09. The average Bonchev–Trinajstić information content (AvgIpc) is 3.31. The van der Waals surface area contributed by atoms with Gasteiger partial charge in [0.25, 0.3) is 0 Å². The first-order valence-electron chi connectivity index (χ1n) is 10.2. The Kier molecular flexibility index (Phi) is 7.67. The van der Waals surface area contributed by atoms with E-state index in [0.717, 1.165) is 22.8 Å². The monoisotopic (exact) mass is 505 g/mol. The summed E-state index contributed by atoms with van der Waals surface area (Å²) in [7, 11) is 0. The molecule has 0 saturated carbocycles. The number of benzene rings is 2. The van der Waals surface area contributed by atoms with Crippen LogP contribution in [0.15, 0.2) is 54.9 Å². The minimum atomic E-state index is -5.08. The summed E-state index contributed by atoms with van der Waals surface area (Å²) < 4.78 is 46.4. The van der Waals surface area contributed by atoms with E-state index < -0.39 is 23.9 Å². The number of H-pyrrole nitrogens is 1. The Morgan fingerprint density at radius 2 is 1.86 bits per heavy atom. The minimum Gasteiger partial charge on any atom is -0.475 e. The lowest BCUT2D eigenvalue weighted by Gasteiger charge is -2.23. The normalized spacial score (nSPS) is 10.9. The van der Waals surface area contributed by atoms with Crippen LogP contribution in [0.1, 0.15) is 17.3 Å². The maximum atomic E-state index is 14.6. The number of fused-ring (bicyclic) bond motifs is 1. The van der Waals surface area contributed by atoms with Gasteiger partial charge in [0.1, 0.15) is 0 Å². The molecule has 5 N–H and O–H groups in total. The summed E-state index contributed by atoms with van der Waals surface area (Å²) in [6.07, 6.45) is -2.28. The van der Waals surface area contributed by atoms with Crippen LogP contribution in [0, 0.1) is 5.82 Å². The van der Waals surface area contributed by atoms with Crippen LogP contribution in [0.4, 0.5) is 40.7 Å². The van der Waals surface area contributed by atoms with E-state index in [4.69, 9.17) is 15.6 Å². The van der Waals surface area contributed by atoms with E-state index in [2.05, 4.69) is 25.5 Å². The molecule has 0 atom stereocenters. The molecule has 2 aromatic carbocycles. The number of carboxylic acid groups (broad SMARTS) is 1. The molecule has 36 heavy (non-hydrogen) atoms. The van der Waals surface area contributed by atoms with Crippen molar-refractivity contribution in [2.75, 3.05) is 16.8 Å². The van der Waals surface area contributed by atoms with E-state index in [-0.39, 0.29) is 11.8 Å². The Hall–Kier alpha value is -4.75. The molecule has 2 heterocycles. The summed E-state index contributed by atoms with van der Waals surface area (Å²) in [5, 5.41) is 17.9. The number of amides is 1. The van der Waals surface area contributed by atoms with Gasteiger partial charge in [0.15, 0.2) is 11.6 Å². The van der Waals surface area contributed by atoms with Gasteiger partial charge in [-0.15, -0.1) is 0 Å². The third kappa shape index (κ3) is 6.02. The molecule has 188 valence electrons. The Bertz CT molecular complexity index is 1390. The van der Waals surface area contributed by atoms with Crippen molar-refractivity contribution in [3.8, 4) is 0 Å². The zero-order valence-electron chi connectivity index (χ0n) is 18.5. The van der Waals surface area contributed by atoms with Gasteiger partial charge in [0.2, 0.25) is 11.9 Å². The molecule has 0 saturated heterocycles. The summed E-state index contributed by atoms with van der Waals surface area (Å²) in [4.78, 5) is 30.4. The second kappa shape index (κ2) is 10.7. The third-order valence-corrected chi connectivity index (χ3v) is 4.70. The number of aromatic amines is 1. The van der Waals surface area contributed by atoms with E-state index in [1.54, 1.807) is 35.4 Å². The summed E-state index contributed by atoms with van der Waals surface area (Å²) >= 11 is 0. The van der Waals surface area contributed by atoms with Crippen LogP contribution >= 0.6 is 0 Å². The van der Waals surface area contributed by atoms with E-state index >= 15 is 0 Å². The number of anilines is 4. The lowest BCUT2D eigenvalue weighted by molar-refractivity contribution is -0.192. The van der Waals surface area contributed by atoms with Crippen molar-refractivity contribution >= 4 is 45.9 Å². The first-order chi connectivity index (χ1) is 17.0. The topological polar surface area (TPSA) is 150 Å². The van der Waals surface area contributed by atoms with Gasteiger partial charge in [-0.1, -0.05) is 12.1 Å². The number of nitrogens with zero attached hydrogens (tertiary/aromatic N) is 4. The smallest absolute Gasteiger partial charge is 0.475 e. The van der Waals surface area contributed by atoms with E-state index in [1.807, 2.05) is 25.1 Å². The van der Waals surface area contributed by atoms with Crippen molar-refractivity contribution in [3.05, 3.63) is 66.2 Å². The predicted molar refractivity (Wildman–Crippen MR) is 123 cm³/mol. The number of hydrogen-bond donors (Lipinski definition) is 4. The molecular weight excluding hydrogens is 486 g/mol. The van der Waals surface area contributed by atoms with Crippen molar-refractivity contribution in [1.29, 1.82) is 0 Å². The fraction of sp³-hybridized carbons (Fsp3) is 0.136. The summed E-state index contributed by atoms with van der Waals surface area (Å²) in [6.45, 7) is 2.39. The number of aliphatic carboxylic acids is 1. The summed E-state index contributed by atoms with van der Waals surface area (Å²) in [5.41, 5.74) is 7.85. The van der Waals surface area contributed by atoms with Gasteiger partial charge < -0.3 is 21.1 Å². The standard InChI is InChI=1S/C20H18FN7O.C2HF3O2/c1-2-28(17-8-4-7-16-14(17)10-24-27-16)19-15(21)11-23-20(26-19)25-13-6-3-5-12(9-13)18(22)29;3-2(4,5)1(6)7/h3-11H,2H2,1H3,(H2,22,29)(H,24,27)(H,23,25,26);(H,6,7). The van der Waals surface area contributed by atoms with Crippen molar-refractivity contribution in [1.82, 2.24) is 20.2 Å². The molecule has 0 aliphatic carbocycles. The Labute approximate surface area is 200 Å². The third-order valence-electron chi connectivity index (χ3n) is 4.70. The maximum Gasteiger partial charge on any atom is 0.490 e. The second-order valence-corrected chi connectivity index (χ2v) is 7.09. The minimum absolute atomic E-state index is 0.129. The van der Waals surface area contributed by atoms with Gasteiger partial charge in [-0.25, -0.2) is 14.2 Å². The highest BCUT2D eigenvalue weighted by Gasteiger charge is 2.38. The average molecular weight is 505 g/mol. The highest BCUT2D eigenvalue weighted by atomic mass is 19.4. The van der Waals surface area contributed by atoms with Gasteiger partial charge in [-0.3, -0.25) is 9.89 Å². The molecule has 0 fully saturated rings. The van der Waals surface area contributed by atoms with Crippen molar-refractivity contribution in [3.63, 3.8) is 0 Å². The molecule has 0 bridgehead atoms. The summed E-state index contributed by atoms with van der Waals surface area (Å²) in [5.74, 6) is -3.53. The number of rotatable bonds is 6. The molecule has 0 spiro atoms. The number of halogens is 4. The zero-order chi connectivity index (χ0) is 26.5. The Balaban J connectivity index is 0.000000454. The van der Waals surface area contributed by atoms with Crippen LogP contribution in [-0.4, -0.2) is 49.9 Å². The number of alkyl halides is 3. The highest BCUT2D eigenvalue weighted by molar-refractivity contribution is 5.94. The lowest BCUT2D eigenvalue weighted by atomic mass is 10.2. The molecule has 0 radical (unpaired) electrons. The molecule has 10 nitrogen and oxygen atoms in total. The number of aromatic nitrogens is 4. The highest BCUT2D eigenvalue weighted by Crippen LogP contribution is 2.32. The molecule has 1 amide bonds. The number of primary amides is 1. The number of carboxylic acids is 1.